The molecule has 138 valence electrons. The lowest BCUT2D eigenvalue weighted by molar-refractivity contribution is -0.244. The van der Waals surface area contributed by atoms with Crippen LogP contribution in [0.1, 0.15) is 17.3 Å². The number of methoxy groups -OCH3 is 1. The minimum Gasteiger partial charge on any atom is -0.493 e. The van der Waals surface area contributed by atoms with Gasteiger partial charge in [-0.15, -0.1) is 0 Å². The van der Waals surface area contributed by atoms with Gasteiger partial charge in [-0.1, -0.05) is 0 Å². The Hall–Kier alpha value is -2.20. The van der Waals surface area contributed by atoms with Crippen molar-refractivity contribution in [3.8, 4) is 11.5 Å². The SMILES string of the molecule is COc1cc(C=O)ccc1O[C@H]1O[C@@H](CO)[C@@H](O)[C@H](O)[C@H]1NC(C)=O. The zero-order chi connectivity index (χ0) is 18.6. The van der Waals surface area contributed by atoms with Crippen LogP contribution in [-0.4, -0.2) is 71.9 Å². The van der Waals surface area contributed by atoms with E-state index in [-0.39, 0.29) is 11.5 Å². The topological polar surface area (TPSA) is 135 Å². The Kier molecular flexibility index (Phi) is 6.32. The summed E-state index contributed by atoms with van der Waals surface area (Å²) in [5.41, 5.74) is 0.371. The molecule has 0 aliphatic carbocycles. The number of hydrogen-bond acceptors (Lipinski definition) is 8. The van der Waals surface area contributed by atoms with Gasteiger partial charge in [0, 0.05) is 12.5 Å². The molecule has 1 heterocycles. The van der Waals surface area contributed by atoms with Crippen molar-refractivity contribution in [1.29, 1.82) is 0 Å². The van der Waals surface area contributed by atoms with Crippen molar-refractivity contribution in [3.05, 3.63) is 23.8 Å². The molecule has 4 N–H and O–H groups in total. The number of hydrogen-bond donors (Lipinski definition) is 4. The summed E-state index contributed by atoms with van der Waals surface area (Å²) in [5, 5.41) is 32.0. The highest BCUT2D eigenvalue weighted by molar-refractivity contribution is 5.76. The Labute approximate surface area is 144 Å². The molecule has 25 heavy (non-hydrogen) atoms. The Morgan fingerprint density at radius 2 is 2.04 bits per heavy atom. The summed E-state index contributed by atoms with van der Waals surface area (Å²) < 4.78 is 16.3. The van der Waals surface area contributed by atoms with E-state index in [0.717, 1.165) is 0 Å². The number of benzene rings is 1. The highest BCUT2D eigenvalue weighted by Crippen LogP contribution is 2.31. The fourth-order valence-electron chi connectivity index (χ4n) is 2.55. The molecule has 0 radical (unpaired) electrons. The predicted octanol–water partition coefficient (Wildman–Crippen LogP) is -1.17. The van der Waals surface area contributed by atoms with Gasteiger partial charge in [-0.2, -0.15) is 0 Å². The summed E-state index contributed by atoms with van der Waals surface area (Å²) in [7, 11) is 1.39. The molecule has 1 aromatic carbocycles. The lowest BCUT2D eigenvalue weighted by Gasteiger charge is -2.42. The average molecular weight is 355 g/mol. The fraction of sp³-hybridized carbons (Fsp3) is 0.500. The third kappa shape index (κ3) is 4.26. The molecular weight excluding hydrogens is 334 g/mol. The molecule has 1 saturated heterocycles. The second-order valence-electron chi connectivity index (χ2n) is 5.58. The zero-order valence-electron chi connectivity index (χ0n) is 13.8. The third-order valence-electron chi connectivity index (χ3n) is 3.82. The Morgan fingerprint density at radius 3 is 2.60 bits per heavy atom. The number of aldehydes is 1. The van der Waals surface area contributed by atoms with E-state index >= 15 is 0 Å². The first-order valence-electron chi connectivity index (χ1n) is 7.60. The summed E-state index contributed by atoms with van der Waals surface area (Å²) in [5.74, 6) is -0.0103. The lowest BCUT2D eigenvalue weighted by atomic mass is 9.97. The summed E-state index contributed by atoms with van der Waals surface area (Å²) in [6, 6.07) is 3.34. The van der Waals surface area contributed by atoms with Crippen LogP contribution in [0.4, 0.5) is 0 Å². The molecule has 9 heteroatoms. The average Bonchev–Trinajstić information content (AvgIpc) is 2.61. The number of amides is 1. The quantitative estimate of drug-likeness (QED) is 0.469. The van der Waals surface area contributed by atoms with Crippen molar-refractivity contribution in [2.75, 3.05) is 13.7 Å². The van der Waals surface area contributed by atoms with E-state index in [2.05, 4.69) is 5.32 Å². The highest BCUT2D eigenvalue weighted by Gasteiger charge is 2.46. The number of nitrogens with one attached hydrogen (secondary N) is 1. The number of ether oxygens (including phenoxy) is 3. The Morgan fingerprint density at radius 1 is 1.32 bits per heavy atom. The van der Waals surface area contributed by atoms with Crippen LogP contribution >= 0.6 is 0 Å². The van der Waals surface area contributed by atoms with Crippen molar-refractivity contribution >= 4 is 12.2 Å². The van der Waals surface area contributed by atoms with Crippen molar-refractivity contribution in [3.63, 3.8) is 0 Å². The number of carbonyl (C=O) groups excluding carboxylic acids is 2. The van der Waals surface area contributed by atoms with Crippen LogP contribution < -0.4 is 14.8 Å². The molecule has 2 rings (SSSR count). The first kappa shape index (κ1) is 19.1. The van der Waals surface area contributed by atoms with Crippen molar-refractivity contribution in [2.24, 2.45) is 0 Å². The van der Waals surface area contributed by atoms with Gasteiger partial charge >= 0.3 is 0 Å². The molecule has 0 aromatic heterocycles. The molecular formula is C16H21NO8. The van der Waals surface area contributed by atoms with Gasteiger partial charge in [-0.05, 0) is 18.2 Å². The zero-order valence-corrected chi connectivity index (χ0v) is 13.8. The number of carbonyl (C=O) groups is 2. The molecule has 1 aromatic rings. The van der Waals surface area contributed by atoms with Crippen LogP contribution in [0, 0.1) is 0 Å². The molecule has 9 nitrogen and oxygen atoms in total. The van der Waals surface area contributed by atoms with E-state index < -0.39 is 43.2 Å². The second kappa shape index (κ2) is 8.26. The van der Waals surface area contributed by atoms with Crippen molar-refractivity contribution in [1.82, 2.24) is 5.32 Å². The second-order valence-corrected chi connectivity index (χ2v) is 5.58. The predicted molar refractivity (Wildman–Crippen MR) is 84.4 cm³/mol. The fourth-order valence-corrected chi connectivity index (χ4v) is 2.55. The Bertz CT molecular complexity index is 622. The van der Waals surface area contributed by atoms with Gasteiger partial charge < -0.3 is 34.8 Å². The maximum atomic E-state index is 11.4. The Balaban J connectivity index is 2.29. The molecule has 0 bridgehead atoms. The monoisotopic (exact) mass is 355 g/mol. The molecule has 1 aliphatic heterocycles. The van der Waals surface area contributed by atoms with Crippen LogP contribution in [0.25, 0.3) is 0 Å². The molecule has 5 atom stereocenters. The van der Waals surface area contributed by atoms with Crippen LogP contribution in [0.3, 0.4) is 0 Å². The van der Waals surface area contributed by atoms with Crippen LogP contribution in [-0.2, 0) is 9.53 Å². The van der Waals surface area contributed by atoms with Gasteiger partial charge in [0.05, 0.1) is 13.7 Å². The van der Waals surface area contributed by atoms with E-state index in [0.29, 0.717) is 11.8 Å². The largest absolute Gasteiger partial charge is 0.493 e. The van der Waals surface area contributed by atoms with E-state index in [1.807, 2.05) is 0 Å². The summed E-state index contributed by atoms with van der Waals surface area (Å²) in [4.78, 5) is 22.2. The van der Waals surface area contributed by atoms with E-state index in [1.54, 1.807) is 0 Å². The van der Waals surface area contributed by atoms with Gasteiger partial charge in [0.1, 0.15) is 30.6 Å². The van der Waals surface area contributed by atoms with Crippen LogP contribution in [0.5, 0.6) is 11.5 Å². The van der Waals surface area contributed by atoms with Gasteiger partial charge in [0.25, 0.3) is 0 Å². The summed E-state index contributed by atoms with van der Waals surface area (Å²) in [6.45, 7) is 0.694. The molecule has 0 spiro atoms. The maximum Gasteiger partial charge on any atom is 0.223 e. The third-order valence-corrected chi connectivity index (χ3v) is 3.82. The minimum absolute atomic E-state index is 0.203. The first-order chi connectivity index (χ1) is 11.9. The van der Waals surface area contributed by atoms with Gasteiger partial charge in [0.2, 0.25) is 12.2 Å². The van der Waals surface area contributed by atoms with Crippen molar-refractivity contribution < 1.29 is 39.1 Å². The summed E-state index contributed by atoms with van der Waals surface area (Å²) in [6.07, 6.45) is -4.47. The number of aliphatic hydroxyl groups is 3. The highest BCUT2D eigenvalue weighted by atomic mass is 16.7. The molecule has 1 aliphatic rings. The molecule has 1 amide bonds. The van der Waals surface area contributed by atoms with Gasteiger partial charge in [-0.25, -0.2) is 0 Å². The van der Waals surface area contributed by atoms with E-state index in [4.69, 9.17) is 14.2 Å². The van der Waals surface area contributed by atoms with Gasteiger partial charge in [0.15, 0.2) is 11.5 Å². The smallest absolute Gasteiger partial charge is 0.223 e. The standard InChI is InChI=1S/C16H21NO8/c1-8(20)17-13-15(22)14(21)12(7-19)25-16(13)24-10-4-3-9(6-18)5-11(10)23-2/h3-6,12-16,19,21-22H,7H2,1-2H3,(H,17,20)/t12-,13+,14+,15+,16-/m0/s1. The molecule has 0 unspecified atom stereocenters. The van der Waals surface area contributed by atoms with E-state index in [1.165, 1.54) is 32.2 Å². The maximum absolute atomic E-state index is 11.4. The lowest BCUT2D eigenvalue weighted by Crippen LogP contribution is -2.65. The minimum atomic E-state index is -1.42. The summed E-state index contributed by atoms with van der Waals surface area (Å²) >= 11 is 0. The van der Waals surface area contributed by atoms with Gasteiger partial charge in [-0.3, -0.25) is 9.59 Å². The first-order valence-corrected chi connectivity index (χ1v) is 7.60. The molecule has 0 saturated carbocycles. The van der Waals surface area contributed by atoms with E-state index in [9.17, 15) is 24.9 Å². The van der Waals surface area contributed by atoms with Crippen LogP contribution in [0.2, 0.25) is 0 Å². The number of aliphatic hydroxyl groups excluding tert-OH is 3. The van der Waals surface area contributed by atoms with Crippen LogP contribution in [0.15, 0.2) is 18.2 Å². The molecule has 1 fully saturated rings. The normalized spacial score (nSPS) is 28.9. The number of rotatable bonds is 6. The van der Waals surface area contributed by atoms with Crippen molar-refractivity contribution in [2.45, 2.75) is 37.6 Å².